The fourth-order valence-electron chi connectivity index (χ4n) is 1.46. The van der Waals surface area contributed by atoms with Crippen LogP contribution in [-0.2, 0) is 0 Å². The van der Waals surface area contributed by atoms with Crippen LogP contribution in [0.5, 0.6) is 0 Å². The standard InChI is InChI=1S/C13H19FN2O/c1-8(2)15-13(17)16-10(4)11-6-5-9(3)12(14)7-11/h5-8,10H,1-4H3,(H2,15,16,17). The number of aryl methyl sites for hydroxylation is 1. The largest absolute Gasteiger partial charge is 0.336 e. The van der Waals surface area contributed by atoms with Gasteiger partial charge < -0.3 is 10.6 Å². The van der Waals surface area contributed by atoms with Crippen LogP contribution in [0.1, 0.15) is 37.9 Å². The molecule has 1 rings (SSSR count). The van der Waals surface area contributed by atoms with Gasteiger partial charge in [0.2, 0.25) is 0 Å². The van der Waals surface area contributed by atoms with Gasteiger partial charge in [-0.3, -0.25) is 0 Å². The van der Waals surface area contributed by atoms with Gasteiger partial charge in [0.15, 0.2) is 0 Å². The summed E-state index contributed by atoms with van der Waals surface area (Å²) in [7, 11) is 0. The molecular formula is C13H19FN2O. The van der Waals surface area contributed by atoms with Gasteiger partial charge in [0, 0.05) is 6.04 Å². The maximum Gasteiger partial charge on any atom is 0.315 e. The van der Waals surface area contributed by atoms with Crippen LogP contribution < -0.4 is 10.6 Å². The Morgan fingerprint density at radius 1 is 1.24 bits per heavy atom. The molecule has 94 valence electrons. The summed E-state index contributed by atoms with van der Waals surface area (Å²) in [4.78, 5) is 11.5. The molecule has 0 radical (unpaired) electrons. The van der Waals surface area contributed by atoms with Crippen LogP contribution >= 0.6 is 0 Å². The molecule has 0 bridgehead atoms. The van der Waals surface area contributed by atoms with Gasteiger partial charge in [-0.25, -0.2) is 9.18 Å². The SMILES string of the molecule is Cc1ccc(C(C)NC(=O)NC(C)C)cc1F. The second kappa shape index (κ2) is 5.66. The van der Waals surface area contributed by atoms with E-state index in [9.17, 15) is 9.18 Å². The van der Waals surface area contributed by atoms with Crippen LogP contribution in [0.25, 0.3) is 0 Å². The molecule has 0 aliphatic rings. The lowest BCUT2D eigenvalue weighted by Crippen LogP contribution is -2.40. The molecule has 1 unspecified atom stereocenters. The van der Waals surface area contributed by atoms with E-state index < -0.39 is 0 Å². The highest BCUT2D eigenvalue weighted by atomic mass is 19.1. The summed E-state index contributed by atoms with van der Waals surface area (Å²) in [6, 6.07) is 4.60. The predicted octanol–water partition coefficient (Wildman–Crippen LogP) is 2.90. The average Bonchev–Trinajstić information content (AvgIpc) is 2.20. The molecule has 0 aliphatic heterocycles. The first-order valence-electron chi connectivity index (χ1n) is 5.73. The summed E-state index contributed by atoms with van der Waals surface area (Å²) < 4.78 is 13.4. The Kier molecular flexibility index (Phi) is 4.49. The third kappa shape index (κ3) is 4.06. The summed E-state index contributed by atoms with van der Waals surface area (Å²) in [6.45, 7) is 7.30. The van der Waals surface area contributed by atoms with Crippen molar-refractivity contribution in [1.29, 1.82) is 0 Å². The van der Waals surface area contributed by atoms with E-state index in [-0.39, 0.29) is 23.9 Å². The Balaban J connectivity index is 2.66. The van der Waals surface area contributed by atoms with Gasteiger partial charge in [0.05, 0.1) is 6.04 Å². The topological polar surface area (TPSA) is 41.1 Å². The molecule has 0 saturated carbocycles. The van der Waals surface area contributed by atoms with Gasteiger partial charge in [-0.2, -0.15) is 0 Å². The zero-order valence-electron chi connectivity index (χ0n) is 10.7. The number of carbonyl (C=O) groups is 1. The third-order valence-corrected chi connectivity index (χ3v) is 2.46. The summed E-state index contributed by atoms with van der Waals surface area (Å²) in [5, 5.41) is 5.48. The lowest BCUT2D eigenvalue weighted by molar-refractivity contribution is 0.235. The van der Waals surface area contributed by atoms with Crippen molar-refractivity contribution in [2.45, 2.75) is 39.8 Å². The molecular weight excluding hydrogens is 219 g/mol. The normalized spacial score (nSPS) is 12.4. The second-order valence-electron chi connectivity index (χ2n) is 4.50. The Bertz CT molecular complexity index is 404. The van der Waals surface area contributed by atoms with Gasteiger partial charge in [-0.05, 0) is 44.9 Å². The van der Waals surface area contributed by atoms with E-state index in [1.807, 2.05) is 26.8 Å². The second-order valence-corrected chi connectivity index (χ2v) is 4.50. The first kappa shape index (κ1) is 13.5. The van der Waals surface area contributed by atoms with Crippen LogP contribution in [0.15, 0.2) is 18.2 Å². The molecule has 0 saturated heterocycles. The molecule has 0 aromatic heterocycles. The maximum absolute atomic E-state index is 13.4. The number of nitrogens with one attached hydrogen (secondary N) is 2. The zero-order chi connectivity index (χ0) is 13.0. The molecule has 4 heteroatoms. The molecule has 2 amide bonds. The number of amides is 2. The molecule has 0 spiro atoms. The van der Waals surface area contributed by atoms with Crippen LogP contribution in [0.3, 0.4) is 0 Å². The number of carbonyl (C=O) groups excluding carboxylic acids is 1. The number of halogens is 1. The van der Waals surface area contributed by atoms with Crippen LogP contribution in [0, 0.1) is 12.7 Å². The van der Waals surface area contributed by atoms with Crippen molar-refractivity contribution in [3.05, 3.63) is 35.1 Å². The lowest BCUT2D eigenvalue weighted by Gasteiger charge is -2.16. The minimum Gasteiger partial charge on any atom is -0.336 e. The quantitative estimate of drug-likeness (QED) is 0.835. The van der Waals surface area contributed by atoms with Crippen molar-refractivity contribution in [2.75, 3.05) is 0 Å². The first-order chi connectivity index (χ1) is 7.90. The maximum atomic E-state index is 13.4. The third-order valence-electron chi connectivity index (χ3n) is 2.46. The van der Waals surface area contributed by atoms with E-state index in [0.29, 0.717) is 5.56 Å². The van der Waals surface area contributed by atoms with Gasteiger partial charge in [0.25, 0.3) is 0 Å². The van der Waals surface area contributed by atoms with Gasteiger partial charge in [-0.15, -0.1) is 0 Å². The highest BCUT2D eigenvalue weighted by Gasteiger charge is 2.11. The predicted molar refractivity (Wildman–Crippen MR) is 66.4 cm³/mol. The van der Waals surface area contributed by atoms with Gasteiger partial charge >= 0.3 is 6.03 Å². The molecule has 1 aromatic rings. The van der Waals surface area contributed by atoms with Gasteiger partial charge in [-0.1, -0.05) is 12.1 Å². The average molecular weight is 238 g/mol. The minimum absolute atomic E-state index is 0.0805. The molecule has 1 aromatic carbocycles. The molecule has 0 aliphatic carbocycles. The number of urea groups is 1. The van der Waals surface area contributed by atoms with E-state index in [0.717, 1.165) is 5.56 Å². The van der Waals surface area contributed by atoms with E-state index in [1.54, 1.807) is 13.0 Å². The highest BCUT2D eigenvalue weighted by molar-refractivity contribution is 5.74. The first-order valence-corrected chi connectivity index (χ1v) is 5.73. The van der Waals surface area contributed by atoms with Gasteiger partial charge in [0.1, 0.15) is 5.82 Å². The van der Waals surface area contributed by atoms with Crippen molar-refractivity contribution in [3.63, 3.8) is 0 Å². The van der Waals surface area contributed by atoms with E-state index in [1.165, 1.54) is 6.07 Å². The van der Waals surface area contributed by atoms with Crippen molar-refractivity contribution >= 4 is 6.03 Å². The van der Waals surface area contributed by atoms with E-state index in [2.05, 4.69) is 10.6 Å². The molecule has 0 fully saturated rings. The summed E-state index contributed by atoms with van der Waals surface area (Å²) in [5.74, 6) is -0.250. The van der Waals surface area contributed by atoms with Crippen LogP contribution in [0.2, 0.25) is 0 Å². The molecule has 3 nitrogen and oxygen atoms in total. The summed E-state index contributed by atoms with van der Waals surface area (Å²) in [6.07, 6.45) is 0. The number of hydrogen-bond acceptors (Lipinski definition) is 1. The Morgan fingerprint density at radius 2 is 1.88 bits per heavy atom. The molecule has 2 N–H and O–H groups in total. The lowest BCUT2D eigenvalue weighted by atomic mass is 10.1. The Morgan fingerprint density at radius 3 is 2.41 bits per heavy atom. The monoisotopic (exact) mass is 238 g/mol. The summed E-state index contributed by atoms with van der Waals surface area (Å²) in [5.41, 5.74) is 1.36. The molecule has 17 heavy (non-hydrogen) atoms. The highest BCUT2D eigenvalue weighted by Crippen LogP contribution is 2.16. The molecule has 1 atom stereocenters. The van der Waals surface area contributed by atoms with Crippen molar-refractivity contribution < 1.29 is 9.18 Å². The zero-order valence-corrected chi connectivity index (χ0v) is 10.7. The molecule has 0 heterocycles. The Labute approximate surface area is 101 Å². The van der Waals surface area contributed by atoms with Crippen molar-refractivity contribution in [3.8, 4) is 0 Å². The minimum atomic E-state index is -0.250. The fourth-order valence-corrected chi connectivity index (χ4v) is 1.46. The summed E-state index contributed by atoms with van der Waals surface area (Å²) >= 11 is 0. The van der Waals surface area contributed by atoms with Crippen LogP contribution in [-0.4, -0.2) is 12.1 Å². The fraction of sp³-hybridized carbons (Fsp3) is 0.462. The smallest absolute Gasteiger partial charge is 0.315 e. The van der Waals surface area contributed by atoms with E-state index >= 15 is 0 Å². The number of benzene rings is 1. The number of hydrogen-bond donors (Lipinski definition) is 2. The van der Waals surface area contributed by atoms with Crippen molar-refractivity contribution in [2.24, 2.45) is 0 Å². The number of rotatable bonds is 3. The Hall–Kier alpha value is -1.58. The van der Waals surface area contributed by atoms with Crippen LogP contribution in [0.4, 0.5) is 9.18 Å². The van der Waals surface area contributed by atoms with E-state index in [4.69, 9.17) is 0 Å². The van der Waals surface area contributed by atoms with Crippen molar-refractivity contribution in [1.82, 2.24) is 10.6 Å².